The van der Waals surface area contributed by atoms with Crippen LogP contribution in [0, 0.1) is 0 Å². The van der Waals surface area contributed by atoms with E-state index in [1.165, 1.54) is 0 Å². The van der Waals surface area contributed by atoms with E-state index in [4.69, 9.17) is 0 Å². The van der Waals surface area contributed by atoms with Crippen molar-refractivity contribution in [1.82, 2.24) is 0 Å². The SMILES string of the molecule is O=C(c1ccccc1)c1ccccc1.[H+]. The molecule has 0 N–H and O–H groups in total. The van der Waals surface area contributed by atoms with Crippen LogP contribution in [-0.2, 0) is 0 Å². The molecule has 0 fully saturated rings. The first-order valence-corrected chi connectivity index (χ1v) is 4.53. The maximum atomic E-state index is 11.8. The molecule has 0 aliphatic carbocycles. The molecular formula is C13H11O+. The molecule has 2 aromatic rings. The van der Waals surface area contributed by atoms with Crippen molar-refractivity contribution < 1.29 is 6.22 Å². The Kier molecular flexibility index (Phi) is 2.41. The number of hydrogen-bond acceptors (Lipinski definition) is 1. The monoisotopic (exact) mass is 183 g/mol. The second-order valence-corrected chi connectivity index (χ2v) is 3.06. The second-order valence-electron chi connectivity index (χ2n) is 3.06. The Morgan fingerprint density at radius 2 is 1.07 bits per heavy atom. The summed E-state index contributed by atoms with van der Waals surface area (Å²) in [5.41, 5.74) is 1.47. The Balaban J connectivity index is 0.00000112. The van der Waals surface area contributed by atoms with E-state index in [1.807, 2.05) is 60.7 Å². The molecule has 0 aliphatic heterocycles. The largest absolute Gasteiger partial charge is 1.00 e. The Morgan fingerprint density at radius 1 is 0.714 bits per heavy atom. The van der Waals surface area contributed by atoms with E-state index in [0.29, 0.717) is 0 Å². The average Bonchev–Trinajstić information content (AvgIpc) is 2.30. The third kappa shape index (κ3) is 1.72. The minimum absolute atomic E-state index is 0. The molecule has 0 saturated carbocycles. The molecule has 0 amide bonds. The predicted molar refractivity (Wildman–Crippen MR) is 57.4 cm³/mol. The van der Waals surface area contributed by atoms with Gasteiger partial charge in [-0.3, -0.25) is 4.79 Å². The van der Waals surface area contributed by atoms with Crippen molar-refractivity contribution in [3.63, 3.8) is 0 Å². The minimum Gasteiger partial charge on any atom is -0.289 e. The molecule has 2 rings (SSSR count). The van der Waals surface area contributed by atoms with Crippen molar-refractivity contribution in [2.75, 3.05) is 0 Å². The van der Waals surface area contributed by atoms with Gasteiger partial charge < -0.3 is 0 Å². The molecule has 0 aromatic heterocycles. The van der Waals surface area contributed by atoms with Gasteiger partial charge in [0.1, 0.15) is 0 Å². The molecule has 0 radical (unpaired) electrons. The molecule has 0 heterocycles. The van der Waals surface area contributed by atoms with Gasteiger partial charge in [-0.2, -0.15) is 0 Å². The number of rotatable bonds is 2. The Morgan fingerprint density at radius 3 is 1.43 bits per heavy atom. The van der Waals surface area contributed by atoms with Crippen LogP contribution in [0.5, 0.6) is 0 Å². The summed E-state index contributed by atoms with van der Waals surface area (Å²) in [5, 5.41) is 0. The zero-order valence-corrected chi connectivity index (χ0v) is 7.68. The molecule has 0 bridgehead atoms. The van der Waals surface area contributed by atoms with Crippen LogP contribution in [0.15, 0.2) is 60.7 Å². The summed E-state index contributed by atoms with van der Waals surface area (Å²) >= 11 is 0. The van der Waals surface area contributed by atoms with E-state index in [-0.39, 0.29) is 7.21 Å². The third-order valence-electron chi connectivity index (χ3n) is 2.07. The summed E-state index contributed by atoms with van der Waals surface area (Å²) in [6.45, 7) is 0. The quantitative estimate of drug-likeness (QED) is 0.654. The molecule has 2 aromatic carbocycles. The normalized spacial score (nSPS) is 9.71. The van der Waals surface area contributed by atoms with Crippen molar-refractivity contribution in [2.45, 2.75) is 0 Å². The molecule has 68 valence electrons. The van der Waals surface area contributed by atoms with Crippen LogP contribution >= 0.6 is 0 Å². The van der Waals surface area contributed by atoms with Crippen LogP contribution in [0.4, 0.5) is 0 Å². The summed E-state index contributed by atoms with van der Waals surface area (Å²) in [4.78, 5) is 11.8. The van der Waals surface area contributed by atoms with Crippen LogP contribution in [-0.4, -0.2) is 5.78 Å². The van der Waals surface area contributed by atoms with Gasteiger partial charge in [0, 0.05) is 11.1 Å². The lowest BCUT2D eigenvalue weighted by molar-refractivity contribution is 0.103. The lowest BCUT2D eigenvalue weighted by Crippen LogP contribution is -1.99. The van der Waals surface area contributed by atoms with E-state index in [9.17, 15) is 4.79 Å². The predicted octanol–water partition coefficient (Wildman–Crippen LogP) is 3.03. The van der Waals surface area contributed by atoms with Crippen LogP contribution in [0.25, 0.3) is 0 Å². The third-order valence-corrected chi connectivity index (χ3v) is 2.07. The minimum atomic E-state index is 0. The standard InChI is InChI=1S/C13H10O/c14-13(11-7-3-1-4-8-11)12-9-5-2-6-10-12/h1-10H/p+1. The van der Waals surface area contributed by atoms with E-state index in [1.54, 1.807) is 0 Å². The molecular weight excluding hydrogens is 172 g/mol. The maximum absolute atomic E-state index is 11.8. The van der Waals surface area contributed by atoms with Crippen molar-refractivity contribution in [1.29, 1.82) is 0 Å². The van der Waals surface area contributed by atoms with Gasteiger partial charge in [0.15, 0.2) is 5.78 Å². The number of ketones is 1. The Labute approximate surface area is 84.5 Å². The highest BCUT2D eigenvalue weighted by Crippen LogP contribution is 2.08. The molecule has 0 aliphatic rings. The molecule has 0 unspecified atom stereocenters. The highest BCUT2D eigenvalue weighted by atomic mass is 16.1. The van der Waals surface area contributed by atoms with Gasteiger partial charge in [-0.1, -0.05) is 60.7 Å². The first-order chi connectivity index (χ1) is 6.88. The zero-order chi connectivity index (χ0) is 9.80. The highest BCUT2D eigenvalue weighted by molar-refractivity contribution is 6.08. The van der Waals surface area contributed by atoms with Gasteiger partial charge in [0.05, 0.1) is 0 Å². The van der Waals surface area contributed by atoms with E-state index < -0.39 is 0 Å². The first-order valence-electron chi connectivity index (χ1n) is 4.53. The van der Waals surface area contributed by atoms with Crippen LogP contribution in [0.2, 0.25) is 0 Å². The van der Waals surface area contributed by atoms with Crippen molar-refractivity contribution in [2.24, 2.45) is 0 Å². The molecule has 0 saturated heterocycles. The first kappa shape index (κ1) is 8.70. The summed E-state index contributed by atoms with van der Waals surface area (Å²) in [7, 11) is 0. The van der Waals surface area contributed by atoms with Gasteiger partial charge >= 0.3 is 1.43 Å². The Hall–Kier alpha value is -1.89. The maximum Gasteiger partial charge on any atom is 1.00 e. The smallest absolute Gasteiger partial charge is 0.289 e. The van der Waals surface area contributed by atoms with Crippen molar-refractivity contribution in [3.05, 3.63) is 71.8 Å². The number of carbonyl (C=O) groups is 1. The van der Waals surface area contributed by atoms with Gasteiger partial charge in [0.2, 0.25) is 0 Å². The fraction of sp³-hybridized carbons (Fsp3) is 0. The van der Waals surface area contributed by atoms with Gasteiger partial charge in [-0.25, -0.2) is 0 Å². The molecule has 1 nitrogen and oxygen atoms in total. The van der Waals surface area contributed by atoms with Crippen LogP contribution < -0.4 is 0 Å². The topological polar surface area (TPSA) is 17.1 Å². The second kappa shape index (κ2) is 3.88. The highest BCUT2D eigenvalue weighted by Gasteiger charge is 2.06. The van der Waals surface area contributed by atoms with Crippen molar-refractivity contribution in [3.8, 4) is 0 Å². The fourth-order valence-electron chi connectivity index (χ4n) is 1.35. The summed E-state index contributed by atoms with van der Waals surface area (Å²) in [6.07, 6.45) is 0. The zero-order valence-electron chi connectivity index (χ0n) is 8.68. The fourth-order valence-corrected chi connectivity index (χ4v) is 1.35. The number of carbonyl (C=O) groups excluding carboxylic acids is 1. The van der Waals surface area contributed by atoms with Crippen LogP contribution in [0.3, 0.4) is 0 Å². The molecule has 0 spiro atoms. The molecule has 0 atom stereocenters. The van der Waals surface area contributed by atoms with E-state index >= 15 is 0 Å². The summed E-state index contributed by atoms with van der Waals surface area (Å²) < 4.78 is 0. The van der Waals surface area contributed by atoms with Crippen molar-refractivity contribution >= 4 is 5.78 Å². The number of hydrogen-bond donors (Lipinski definition) is 0. The van der Waals surface area contributed by atoms with Gasteiger partial charge in [-0.15, -0.1) is 0 Å². The van der Waals surface area contributed by atoms with E-state index in [2.05, 4.69) is 0 Å². The van der Waals surface area contributed by atoms with Crippen LogP contribution in [0.1, 0.15) is 17.3 Å². The van der Waals surface area contributed by atoms with E-state index in [0.717, 1.165) is 11.1 Å². The Bertz CT molecular complexity index is 381. The lowest BCUT2D eigenvalue weighted by Gasteiger charge is -1.99. The molecule has 1 heteroatoms. The lowest BCUT2D eigenvalue weighted by atomic mass is 10.0. The summed E-state index contributed by atoms with van der Waals surface area (Å²) in [6, 6.07) is 18.6. The number of benzene rings is 2. The molecule has 14 heavy (non-hydrogen) atoms. The summed E-state index contributed by atoms with van der Waals surface area (Å²) in [5.74, 6) is 0.0752. The van der Waals surface area contributed by atoms with Gasteiger partial charge in [-0.05, 0) is 0 Å². The van der Waals surface area contributed by atoms with Gasteiger partial charge in [0.25, 0.3) is 0 Å². The average molecular weight is 183 g/mol.